The number of anilines is 3. The maximum absolute atomic E-state index is 13.7. The molecule has 266 valence electrons. The van der Waals surface area contributed by atoms with E-state index in [0.717, 1.165) is 59.6 Å². The van der Waals surface area contributed by atoms with Crippen LogP contribution in [0.15, 0.2) is 84.5 Å². The molecule has 2 N–H and O–H groups in total. The SMILES string of the molecule is COc1cc(N2CCC(N(C)C)CC2)ccc1Nc1nccc(-c2c(-c3ccc4nc(Cc5ccccc5C(F)(F)F)[nH]c4c3)nc3sccn23)n1. The molecular formula is C38H36F3N9OS. The largest absolute Gasteiger partial charge is 0.494 e. The van der Waals surface area contributed by atoms with Crippen LogP contribution in [-0.2, 0) is 12.6 Å². The zero-order valence-electron chi connectivity index (χ0n) is 28.8. The van der Waals surface area contributed by atoms with Crippen molar-refractivity contribution in [3.63, 3.8) is 0 Å². The summed E-state index contributed by atoms with van der Waals surface area (Å²) >= 11 is 1.51. The van der Waals surface area contributed by atoms with E-state index in [9.17, 15) is 13.2 Å². The molecule has 0 aliphatic carbocycles. The number of rotatable bonds is 9. The summed E-state index contributed by atoms with van der Waals surface area (Å²) in [6.07, 6.45) is 1.46. The van der Waals surface area contributed by atoms with Gasteiger partial charge in [0.05, 0.1) is 40.8 Å². The normalized spacial score (nSPS) is 14.2. The van der Waals surface area contributed by atoms with Crippen molar-refractivity contribution in [3.05, 3.63) is 101 Å². The molecule has 10 nitrogen and oxygen atoms in total. The molecule has 0 unspecified atom stereocenters. The summed E-state index contributed by atoms with van der Waals surface area (Å²) in [7, 11) is 5.94. The average molecular weight is 724 g/mol. The van der Waals surface area contributed by atoms with Gasteiger partial charge in [-0.3, -0.25) is 4.40 Å². The summed E-state index contributed by atoms with van der Waals surface area (Å²) in [5.74, 6) is 1.54. The van der Waals surface area contributed by atoms with Crippen molar-refractivity contribution in [2.45, 2.75) is 31.5 Å². The number of aromatic nitrogens is 6. The minimum atomic E-state index is -4.45. The molecule has 3 aromatic carbocycles. The molecule has 0 radical (unpaired) electrons. The number of aromatic amines is 1. The molecule has 1 saturated heterocycles. The van der Waals surface area contributed by atoms with Crippen LogP contribution in [0.3, 0.4) is 0 Å². The number of benzene rings is 3. The van der Waals surface area contributed by atoms with E-state index in [2.05, 4.69) is 56.3 Å². The van der Waals surface area contributed by atoms with Crippen LogP contribution in [0.4, 0.5) is 30.5 Å². The Morgan fingerprint density at radius 1 is 1.00 bits per heavy atom. The van der Waals surface area contributed by atoms with Crippen LogP contribution in [0.1, 0.15) is 29.8 Å². The number of piperidine rings is 1. The molecule has 0 spiro atoms. The Morgan fingerprint density at radius 2 is 1.83 bits per heavy atom. The number of thiazole rings is 1. The number of alkyl halides is 3. The summed E-state index contributed by atoms with van der Waals surface area (Å²) in [4.78, 5) is 27.7. The van der Waals surface area contributed by atoms with Gasteiger partial charge in [0, 0.05) is 60.6 Å². The van der Waals surface area contributed by atoms with E-state index in [4.69, 9.17) is 14.7 Å². The van der Waals surface area contributed by atoms with Gasteiger partial charge in [0.15, 0.2) is 4.96 Å². The number of nitrogens with one attached hydrogen (secondary N) is 2. The Kier molecular flexibility index (Phi) is 8.79. The van der Waals surface area contributed by atoms with Crippen LogP contribution >= 0.6 is 11.3 Å². The highest BCUT2D eigenvalue weighted by atomic mass is 32.1. The molecule has 0 amide bonds. The minimum Gasteiger partial charge on any atom is -0.494 e. The van der Waals surface area contributed by atoms with Gasteiger partial charge in [0.2, 0.25) is 5.95 Å². The second-order valence-electron chi connectivity index (χ2n) is 13.1. The molecule has 14 heteroatoms. The standard InChI is InChI=1S/C38H36F3N9OS/c1-48(2)25-13-16-49(17-14-25)26-9-11-29(32(22-26)51-3)45-36-42-15-12-30(46-36)35-34(47-37-50(35)18-19-52-37)24-8-10-28-31(20-24)44-33(43-28)21-23-6-4-5-7-27(23)38(39,40)41/h4-12,15,18-20,22,25H,13-14,16-17,21H2,1-3H3,(H,43,44)(H,42,45,46). The van der Waals surface area contributed by atoms with Gasteiger partial charge in [-0.05, 0) is 68.9 Å². The second kappa shape index (κ2) is 13.6. The predicted octanol–water partition coefficient (Wildman–Crippen LogP) is 8.29. The average Bonchev–Trinajstić information content (AvgIpc) is 3.86. The van der Waals surface area contributed by atoms with Crippen LogP contribution in [0, 0.1) is 0 Å². The Bertz CT molecular complexity index is 2370. The molecule has 1 aliphatic heterocycles. The van der Waals surface area contributed by atoms with Crippen LogP contribution in [0.25, 0.3) is 38.6 Å². The maximum Gasteiger partial charge on any atom is 0.416 e. The summed E-state index contributed by atoms with van der Waals surface area (Å²) < 4.78 is 48.8. The number of methoxy groups -OCH3 is 1. The van der Waals surface area contributed by atoms with E-state index >= 15 is 0 Å². The molecule has 4 aromatic heterocycles. The van der Waals surface area contributed by atoms with Crippen molar-refractivity contribution < 1.29 is 17.9 Å². The van der Waals surface area contributed by atoms with E-state index in [1.165, 1.54) is 23.5 Å². The van der Waals surface area contributed by atoms with Crippen molar-refractivity contribution in [2.24, 2.45) is 0 Å². The lowest BCUT2D eigenvalue weighted by Crippen LogP contribution is -2.41. The lowest BCUT2D eigenvalue weighted by Gasteiger charge is -2.36. The van der Waals surface area contributed by atoms with Gasteiger partial charge < -0.3 is 24.8 Å². The molecule has 0 saturated carbocycles. The van der Waals surface area contributed by atoms with Gasteiger partial charge in [0.1, 0.15) is 17.3 Å². The van der Waals surface area contributed by atoms with Crippen LogP contribution in [-0.4, -0.2) is 74.6 Å². The zero-order valence-corrected chi connectivity index (χ0v) is 29.6. The molecular weight excluding hydrogens is 688 g/mol. The fraction of sp³-hybridized carbons (Fsp3) is 0.263. The van der Waals surface area contributed by atoms with Crippen molar-refractivity contribution in [3.8, 4) is 28.4 Å². The van der Waals surface area contributed by atoms with E-state index in [0.29, 0.717) is 46.0 Å². The third-order valence-electron chi connectivity index (χ3n) is 9.64. The summed E-state index contributed by atoms with van der Waals surface area (Å²) in [6, 6.07) is 19.9. The number of hydrogen-bond donors (Lipinski definition) is 2. The Labute approximate surface area is 302 Å². The van der Waals surface area contributed by atoms with E-state index < -0.39 is 11.7 Å². The highest BCUT2D eigenvalue weighted by Crippen LogP contribution is 2.37. The topological polar surface area (TPSA) is 99.5 Å². The summed E-state index contributed by atoms with van der Waals surface area (Å²) in [5.41, 5.74) is 5.66. The van der Waals surface area contributed by atoms with E-state index in [-0.39, 0.29) is 12.0 Å². The van der Waals surface area contributed by atoms with Gasteiger partial charge in [-0.2, -0.15) is 13.2 Å². The molecule has 7 aromatic rings. The van der Waals surface area contributed by atoms with Gasteiger partial charge in [-0.15, -0.1) is 11.3 Å². The fourth-order valence-electron chi connectivity index (χ4n) is 6.95. The highest BCUT2D eigenvalue weighted by molar-refractivity contribution is 7.15. The van der Waals surface area contributed by atoms with Crippen molar-refractivity contribution in [1.82, 2.24) is 34.2 Å². The summed E-state index contributed by atoms with van der Waals surface area (Å²) in [5, 5.41) is 5.32. The summed E-state index contributed by atoms with van der Waals surface area (Å²) in [6.45, 7) is 1.97. The zero-order chi connectivity index (χ0) is 36.0. The molecule has 1 aliphatic rings. The molecule has 0 bridgehead atoms. The Hall–Kier alpha value is -5.47. The number of imidazole rings is 2. The molecule has 0 atom stereocenters. The quantitative estimate of drug-likeness (QED) is 0.154. The third kappa shape index (κ3) is 6.55. The number of halogens is 3. The first kappa shape index (κ1) is 33.7. The van der Waals surface area contributed by atoms with Crippen molar-refractivity contribution >= 4 is 44.7 Å². The fourth-order valence-corrected chi connectivity index (χ4v) is 7.66. The number of H-pyrrole nitrogens is 1. The van der Waals surface area contributed by atoms with Crippen molar-refractivity contribution in [2.75, 3.05) is 44.5 Å². The number of ether oxygens (including phenoxy) is 1. The number of hydrogen-bond acceptors (Lipinski definition) is 9. The Morgan fingerprint density at radius 3 is 2.62 bits per heavy atom. The second-order valence-corrected chi connectivity index (χ2v) is 13.9. The minimum absolute atomic E-state index is 0.0187. The predicted molar refractivity (Wildman–Crippen MR) is 199 cm³/mol. The smallest absolute Gasteiger partial charge is 0.416 e. The van der Waals surface area contributed by atoms with Crippen LogP contribution < -0.4 is 15.0 Å². The van der Waals surface area contributed by atoms with Gasteiger partial charge in [0.25, 0.3) is 0 Å². The molecule has 5 heterocycles. The van der Waals surface area contributed by atoms with Crippen molar-refractivity contribution in [1.29, 1.82) is 0 Å². The first-order valence-electron chi connectivity index (χ1n) is 16.9. The molecule has 1 fully saturated rings. The number of nitrogens with zero attached hydrogens (tertiary/aromatic N) is 7. The number of fused-ring (bicyclic) bond motifs is 2. The molecule has 8 rings (SSSR count). The van der Waals surface area contributed by atoms with E-state index in [1.54, 1.807) is 19.4 Å². The third-order valence-corrected chi connectivity index (χ3v) is 10.4. The van der Waals surface area contributed by atoms with Gasteiger partial charge in [-0.25, -0.2) is 19.9 Å². The first-order valence-corrected chi connectivity index (χ1v) is 17.8. The lowest BCUT2D eigenvalue weighted by molar-refractivity contribution is -0.138. The molecule has 52 heavy (non-hydrogen) atoms. The van der Waals surface area contributed by atoms with Crippen LogP contribution in [0.5, 0.6) is 5.75 Å². The van der Waals surface area contributed by atoms with E-state index in [1.807, 2.05) is 46.3 Å². The maximum atomic E-state index is 13.7. The lowest BCUT2D eigenvalue weighted by atomic mass is 10.0. The first-order chi connectivity index (χ1) is 25.1. The van der Waals surface area contributed by atoms with Gasteiger partial charge in [-0.1, -0.05) is 24.3 Å². The monoisotopic (exact) mass is 723 g/mol. The van der Waals surface area contributed by atoms with Crippen LogP contribution in [0.2, 0.25) is 0 Å². The van der Waals surface area contributed by atoms with Gasteiger partial charge >= 0.3 is 6.18 Å². The highest BCUT2D eigenvalue weighted by Gasteiger charge is 2.33. The Balaban J connectivity index is 1.08.